The predicted molar refractivity (Wildman–Crippen MR) is 54.7 cm³/mol. The first-order valence-electron chi connectivity index (χ1n) is 5.93. The highest BCUT2D eigenvalue weighted by atomic mass is 16.5. The molecule has 0 aromatic carbocycles. The van der Waals surface area contributed by atoms with E-state index in [9.17, 15) is 14.7 Å². The molecule has 94 valence electrons. The number of rotatable bonds is 3. The van der Waals surface area contributed by atoms with Crippen LogP contribution in [0.2, 0.25) is 0 Å². The van der Waals surface area contributed by atoms with Gasteiger partial charge in [-0.2, -0.15) is 0 Å². The van der Waals surface area contributed by atoms with Crippen molar-refractivity contribution >= 4 is 11.8 Å². The van der Waals surface area contributed by atoms with Crippen molar-refractivity contribution in [2.75, 3.05) is 13.2 Å². The van der Waals surface area contributed by atoms with E-state index in [1.165, 1.54) is 0 Å². The van der Waals surface area contributed by atoms with Gasteiger partial charge in [0.15, 0.2) is 0 Å². The third kappa shape index (κ3) is 1.44. The van der Waals surface area contributed by atoms with Crippen LogP contribution in [0.3, 0.4) is 0 Å². The number of carbonyl (C=O) groups excluding carboxylic acids is 2. The molecule has 0 aliphatic carbocycles. The highest BCUT2D eigenvalue weighted by Gasteiger charge is 2.62. The lowest BCUT2D eigenvalue weighted by Gasteiger charge is -2.19. The monoisotopic (exact) mass is 241 g/mol. The zero-order valence-electron chi connectivity index (χ0n) is 9.28. The van der Waals surface area contributed by atoms with Gasteiger partial charge in [0.1, 0.15) is 0 Å². The Kier molecular flexibility index (Phi) is 2.46. The first-order valence-corrected chi connectivity index (χ1v) is 5.93. The Balaban J connectivity index is 1.81. The number of aliphatic hydroxyl groups is 2. The summed E-state index contributed by atoms with van der Waals surface area (Å²) >= 11 is 0. The SMILES string of the molecule is O=C1[C@@H]2[C@H](C(=O)N1CC(O)CO)[C@H]1CC[C@@H]2O1. The summed E-state index contributed by atoms with van der Waals surface area (Å²) in [6.45, 7) is -0.559. The van der Waals surface area contributed by atoms with Gasteiger partial charge >= 0.3 is 0 Å². The second kappa shape index (κ2) is 3.76. The Morgan fingerprint density at radius 3 is 2.24 bits per heavy atom. The van der Waals surface area contributed by atoms with E-state index < -0.39 is 12.7 Å². The molecule has 6 heteroatoms. The number of imide groups is 1. The summed E-state index contributed by atoms with van der Waals surface area (Å²) in [5.41, 5.74) is 0. The molecule has 6 nitrogen and oxygen atoms in total. The lowest BCUT2D eigenvalue weighted by molar-refractivity contribution is -0.144. The van der Waals surface area contributed by atoms with Crippen LogP contribution in [0.5, 0.6) is 0 Å². The minimum atomic E-state index is -1.06. The van der Waals surface area contributed by atoms with E-state index in [4.69, 9.17) is 9.84 Å². The second-order valence-electron chi connectivity index (χ2n) is 4.97. The van der Waals surface area contributed by atoms with Crippen LogP contribution in [0.15, 0.2) is 0 Å². The third-order valence-electron chi connectivity index (χ3n) is 3.98. The normalized spacial score (nSPS) is 41.2. The minimum absolute atomic E-state index is 0.111. The number of amides is 2. The van der Waals surface area contributed by atoms with Gasteiger partial charge in [-0.05, 0) is 12.8 Å². The van der Waals surface area contributed by atoms with Gasteiger partial charge in [-0.25, -0.2) is 0 Å². The molecule has 3 aliphatic rings. The number of ether oxygens (including phenoxy) is 1. The van der Waals surface area contributed by atoms with E-state index in [1.807, 2.05) is 0 Å². The van der Waals surface area contributed by atoms with Crippen molar-refractivity contribution in [2.24, 2.45) is 11.8 Å². The van der Waals surface area contributed by atoms with Crippen LogP contribution in [0, 0.1) is 11.8 Å². The second-order valence-corrected chi connectivity index (χ2v) is 4.97. The fraction of sp³-hybridized carbons (Fsp3) is 0.818. The average molecular weight is 241 g/mol. The maximum Gasteiger partial charge on any atom is 0.235 e. The molecule has 17 heavy (non-hydrogen) atoms. The van der Waals surface area contributed by atoms with Crippen molar-refractivity contribution in [2.45, 2.75) is 31.2 Å². The molecule has 1 unspecified atom stereocenters. The lowest BCUT2D eigenvalue weighted by Crippen LogP contribution is -2.40. The maximum absolute atomic E-state index is 12.1. The van der Waals surface area contributed by atoms with Crippen LogP contribution in [-0.4, -0.2) is 58.4 Å². The molecule has 3 heterocycles. The zero-order valence-corrected chi connectivity index (χ0v) is 9.28. The molecule has 3 aliphatic heterocycles. The highest BCUT2D eigenvalue weighted by molar-refractivity contribution is 6.06. The first kappa shape index (κ1) is 11.1. The van der Waals surface area contributed by atoms with Gasteiger partial charge in [0.2, 0.25) is 11.8 Å². The lowest BCUT2D eigenvalue weighted by atomic mass is 9.81. The molecule has 2 amide bonds. The van der Waals surface area contributed by atoms with E-state index >= 15 is 0 Å². The predicted octanol–water partition coefficient (Wildman–Crippen LogP) is -1.50. The van der Waals surface area contributed by atoms with Crippen molar-refractivity contribution in [1.29, 1.82) is 0 Å². The van der Waals surface area contributed by atoms with Crippen molar-refractivity contribution < 1.29 is 24.5 Å². The molecule has 5 atom stereocenters. The molecule has 2 N–H and O–H groups in total. The quantitative estimate of drug-likeness (QED) is 0.587. The van der Waals surface area contributed by atoms with Crippen LogP contribution in [0.4, 0.5) is 0 Å². The molecule has 2 bridgehead atoms. The molecule has 3 rings (SSSR count). The van der Waals surface area contributed by atoms with E-state index in [2.05, 4.69) is 0 Å². The number of hydrogen-bond acceptors (Lipinski definition) is 5. The van der Waals surface area contributed by atoms with Crippen LogP contribution in [-0.2, 0) is 14.3 Å². The van der Waals surface area contributed by atoms with E-state index in [1.54, 1.807) is 0 Å². The summed E-state index contributed by atoms with van der Waals surface area (Å²) in [5, 5.41) is 18.1. The Bertz CT molecular complexity index is 343. The third-order valence-corrected chi connectivity index (χ3v) is 3.98. The molecule has 0 aromatic heterocycles. The Morgan fingerprint density at radius 2 is 1.76 bits per heavy atom. The Labute approximate surface area is 98.2 Å². The van der Waals surface area contributed by atoms with Gasteiger partial charge in [0, 0.05) is 0 Å². The average Bonchev–Trinajstić information content (AvgIpc) is 2.98. The summed E-state index contributed by atoms with van der Waals surface area (Å²) in [5.74, 6) is -1.21. The number of β-amino-alcohol motifs (C(OH)–C–C–N with tert-alkyl or cyclic N) is 1. The Hall–Kier alpha value is -0.980. The molecule has 3 saturated heterocycles. The van der Waals surface area contributed by atoms with Gasteiger partial charge in [-0.3, -0.25) is 14.5 Å². The summed E-state index contributed by atoms with van der Waals surface area (Å²) < 4.78 is 5.58. The van der Waals surface area contributed by atoms with Crippen LogP contribution in [0.25, 0.3) is 0 Å². The standard InChI is InChI=1S/C11H15NO5/c13-4-5(14)3-12-10(15)8-6-1-2-7(17-6)9(8)11(12)16/h5-9,13-14H,1-4H2/t5?,6-,7+,8-,9+. The summed E-state index contributed by atoms with van der Waals surface area (Å²) in [6, 6.07) is 0. The summed E-state index contributed by atoms with van der Waals surface area (Å²) in [4.78, 5) is 25.2. The Morgan fingerprint density at radius 1 is 1.24 bits per heavy atom. The number of likely N-dealkylation sites (tertiary alicyclic amines) is 1. The van der Waals surface area contributed by atoms with E-state index in [0.29, 0.717) is 0 Å². The van der Waals surface area contributed by atoms with Crippen molar-refractivity contribution in [1.82, 2.24) is 4.90 Å². The summed E-state index contributed by atoms with van der Waals surface area (Å²) in [6.07, 6.45) is 0.360. The fourth-order valence-corrected chi connectivity index (χ4v) is 3.22. The van der Waals surface area contributed by atoms with Crippen molar-refractivity contribution in [3.8, 4) is 0 Å². The molecular formula is C11H15NO5. The van der Waals surface area contributed by atoms with Gasteiger partial charge < -0.3 is 14.9 Å². The smallest absolute Gasteiger partial charge is 0.235 e. The number of hydrogen-bond donors (Lipinski definition) is 2. The van der Waals surface area contributed by atoms with Gasteiger partial charge in [0.25, 0.3) is 0 Å². The number of nitrogens with zero attached hydrogens (tertiary/aromatic N) is 1. The van der Waals surface area contributed by atoms with Crippen LogP contribution in [0.1, 0.15) is 12.8 Å². The van der Waals surface area contributed by atoms with E-state index in [0.717, 1.165) is 17.7 Å². The van der Waals surface area contributed by atoms with Gasteiger partial charge in [-0.1, -0.05) is 0 Å². The number of carbonyl (C=O) groups is 2. The molecule has 0 aromatic rings. The molecule has 0 radical (unpaired) electrons. The summed E-state index contributed by atoms with van der Waals surface area (Å²) in [7, 11) is 0. The van der Waals surface area contributed by atoms with Crippen LogP contribution < -0.4 is 0 Å². The topological polar surface area (TPSA) is 87.1 Å². The molecule has 0 spiro atoms. The largest absolute Gasteiger partial charge is 0.394 e. The van der Waals surface area contributed by atoms with Gasteiger partial charge in [-0.15, -0.1) is 0 Å². The molecule has 3 fully saturated rings. The first-order chi connectivity index (χ1) is 8.13. The number of fused-ring (bicyclic) bond motifs is 5. The van der Waals surface area contributed by atoms with Crippen molar-refractivity contribution in [3.63, 3.8) is 0 Å². The van der Waals surface area contributed by atoms with E-state index in [-0.39, 0.29) is 42.4 Å². The maximum atomic E-state index is 12.1. The number of aliphatic hydroxyl groups excluding tert-OH is 2. The fourth-order valence-electron chi connectivity index (χ4n) is 3.22. The highest BCUT2D eigenvalue weighted by Crippen LogP contribution is 2.48. The zero-order chi connectivity index (χ0) is 12.2. The van der Waals surface area contributed by atoms with Crippen LogP contribution >= 0.6 is 0 Å². The minimum Gasteiger partial charge on any atom is -0.394 e. The molecular weight excluding hydrogens is 226 g/mol. The van der Waals surface area contributed by atoms with Gasteiger partial charge in [0.05, 0.1) is 43.3 Å². The van der Waals surface area contributed by atoms with Crippen molar-refractivity contribution in [3.05, 3.63) is 0 Å². The molecule has 0 saturated carbocycles.